The van der Waals surface area contributed by atoms with E-state index in [9.17, 15) is 0 Å². The van der Waals surface area contributed by atoms with Crippen molar-refractivity contribution in [1.82, 2.24) is 20.0 Å². The van der Waals surface area contributed by atoms with Crippen LogP contribution in [-0.2, 0) is 0 Å². The number of fused-ring (bicyclic) bond motifs is 1. The van der Waals surface area contributed by atoms with Crippen LogP contribution in [0.4, 0.5) is 5.82 Å². The second-order valence-electron chi connectivity index (χ2n) is 4.86. The zero-order valence-corrected chi connectivity index (χ0v) is 11.7. The molecule has 1 aliphatic carbocycles. The van der Waals surface area contributed by atoms with Crippen LogP contribution in [0.3, 0.4) is 0 Å². The highest BCUT2D eigenvalue weighted by molar-refractivity contribution is 9.10. The van der Waals surface area contributed by atoms with E-state index in [-0.39, 0.29) is 0 Å². The first-order valence-electron chi connectivity index (χ1n) is 6.23. The molecular formula is C13H12BrN5. The Bertz CT molecular complexity index is 769. The first kappa shape index (κ1) is 11.0. The number of aromatic amines is 1. The maximum absolute atomic E-state index is 5.99. The fourth-order valence-corrected chi connectivity index (χ4v) is 2.84. The molecular weight excluding hydrogens is 306 g/mol. The highest BCUT2D eigenvalue weighted by Gasteiger charge is 2.31. The predicted molar refractivity (Wildman–Crippen MR) is 77.3 cm³/mol. The van der Waals surface area contributed by atoms with Crippen molar-refractivity contribution in [2.45, 2.75) is 18.8 Å². The van der Waals surface area contributed by atoms with Gasteiger partial charge in [0.15, 0.2) is 5.65 Å². The minimum Gasteiger partial charge on any atom is -0.383 e. The predicted octanol–water partition coefficient (Wildman–Crippen LogP) is 2.97. The lowest BCUT2D eigenvalue weighted by Crippen LogP contribution is -1.99. The topological polar surface area (TPSA) is 72.5 Å². The molecule has 19 heavy (non-hydrogen) atoms. The molecule has 3 aromatic rings. The van der Waals surface area contributed by atoms with Crippen LogP contribution in [-0.4, -0.2) is 20.0 Å². The Labute approximate surface area is 117 Å². The summed E-state index contributed by atoms with van der Waals surface area (Å²) in [6.45, 7) is 0. The number of halogens is 1. The van der Waals surface area contributed by atoms with Crippen molar-refractivity contribution in [2.24, 2.45) is 0 Å². The van der Waals surface area contributed by atoms with E-state index in [4.69, 9.17) is 10.8 Å². The Hall–Kier alpha value is -1.82. The molecule has 2 aromatic heterocycles. The number of hydrogen-bond acceptors (Lipinski definition) is 3. The van der Waals surface area contributed by atoms with Gasteiger partial charge in [-0.05, 0) is 40.9 Å². The molecule has 1 aliphatic rings. The van der Waals surface area contributed by atoms with E-state index in [0.29, 0.717) is 11.7 Å². The summed E-state index contributed by atoms with van der Waals surface area (Å²) in [6, 6.07) is 7.98. The van der Waals surface area contributed by atoms with Crippen molar-refractivity contribution in [2.75, 3.05) is 5.73 Å². The molecule has 1 saturated carbocycles. The van der Waals surface area contributed by atoms with Gasteiger partial charge in [-0.25, -0.2) is 4.68 Å². The van der Waals surface area contributed by atoms with Gasteiger partial charge in [0.25, 0.3) is 0 Å². The number of anilines is 1. The molecule has 0 radical (unpaired) electrons. The Balaban J connectivity index is 2.03. The summed E-state index contributed by atoms with van der Waals surface area (Å²) in [5, 5.41) is 12.9. The van der Waals surface area contributed by atoms with Crippen LogP contribution in [0, 0.1) is 0 Å². The normalized spacial score (nSPS) is 15.2. The van der Waals surface area contributed by atoms with Crippen LogP contribution < -0.4 is 5.73 Å². The van der Waals surface area contributed by atoms with Crippen molar-refractivity contribution < 1.29 is 0 Å². The maximum atomic E-state index is 5.99. The van der Waals surface area contributed by atoms with Crippen molar-refractivity contribution in [3.8, 4) is 5.69 Å². The number of para-hydroxylation sites is 1. The van der Waals surface area contributed by atoms with Gasteiger partial charge in [-0.2, -0.15) is 10.2 Å². The van der Waals surface area contributed by atoms with E-state index in [1.807, 2.05) is 28.9 Å². The van der Waals surface area contributed by atoms with Gasteiger partial charge in [0.1, 0.15) is 5.82 Å². The second kappa shape index (κ2) is 3.84. The number of hydrogen-bond donors (Lipinski definition) is 2. The zero-order valence-electron chi connectivity index (χ0n) is 10.1. The van der Waals surface area contributed by atoms with E-state index in [0.717, 1.165) is 26.9 Å². The van der Waals surface area contributed by atoms with Crippen LogP contribution in [0.25, 0.3) is 16.7 Å². The van der Waals surface area contributed by atoms with E-state index in [1.54, 1.807) is 0 Å². The molecule has 0 atom stereocenters. The SMILES string of the molecule is Nc1[nH]nc2c1c(C1CC1)nn2-c1ccccc1Br. The first-order valence-corrected chi connectivity index (χ1v) is 7.02. The summed E-state index contributed by atoms with van der Waals surface area (Å²) < 4.78 is 2.85. The number of benzene rings is 1. The third-order valence-electron chi connectivity index (χ3n) is 3.48. The van der Waals surface area contributed by atoms with Gasteiger partial charge in [0.2, 0.25) is 0 Å². The summed E-state index contributed by atoms with van der Waals surface area (Å²) in [5.74, 6) is 1.14. The second-order valence-corrected chi connectivity index (χ2v) is 5.71. The number of nitrogens with one attached hydrogen (secondary N) is 1. The monoisotopic (exact) mass is 317 g/mol. The van der Waals surface area contributed by atoms with Gasteiger partial charge >= 0.3 is 0 Å². The van der Waals surface area contributed by atoms with Gasteiger partial charge in [-0.1, -0.05) is 12.1 Å². The molecule has 0 amide bonds. The minimum absolute atomic E-state index is 0.533. The molecule has 4 rings (SSSR count). The molecule has 6 heteroatoms. The Morgan fingerprint density at radius 2 is 2.11 bits per heavy atom. The third kappa shape index (κ3) is 1.59. The van der Waals surface area contributed by atoms with E-state index < -0.39 is 0 Å². The largest absolute Gasteiger partial charge is 0.383 e. The maximum Gasteiger partial charge on any atom is 0.186 e. The van der Waals surface area contributed by atoms with Crippen molar-refractivity contribution in [3.63, 3.8) is 0 Å². The van der Waals surface area contributed by atoms with E-state index in [2.05, 4.69) is 26.1 Å². The fourth-order valence-electron chi connectivity index (χ4n) is 2.39. The lowest BCUT2D eigenvalue weighted by Gasteiger charge is -2.03. The molecule has 0 saturated heterocycles. The van der Waals surface area contributed by atoms with Crippen molar-refractivity contribution in [1.29, 1.82) is 0 Å². The van der Waals surface area contributed by atoms with E-state index in [1.165, 1.54) is 12.8 Å². The summed E-state index contributed by atoms with van der Waals surface area (Å²) >= 11 is 3.56. The summed E-state index contributed by atoms with van der Waals surface area (Å²) in [7, 11) is 0. The lowest BCUT2D eigenvalue weighted by molar-refractivity contribution is 0.837. The molecule has 2 heterocycles. The van der Waals surface area contributed by atoms with Crippen molar-refractivity contribution >= 4 is 32.8 Å². The lowest BCUT2D eigenvalue weighted by atomic mass is 10.2. The van der Waals surface area contributed by atoms with Crippen LogP contribution in [0.2, 0.25) is 0 Å². The highest BCUT2D eigenvalue weighted by Crippen LogP contribution is 2.44. The van der Waals surface area contributed by atoms with Gasteiger partial charge in [-0.3, -0.25) is 5.10 Å². The van der Waals surface area contributed by atoms with Crippen LogP contribution in [0.1, 0.15) is 24.5 Å². The molecule has 0 spiro atoms. The van der Waals surface area contributed by atoms with Crippen LogP contribution in [0.15, 0.2) is 28.7 Å². The highest BCUT2D eigenvalue weighted by atomic mass is 79.9. The number of nitrogens with zero attached hydrogens (tertiary/aromatic N) is 3. The molecule has 1 fully saturated rings. The van der Waals surface area contributed by atoms with Gasteiger partial charge in [-0.15, -0.1) is 0 Å². The number of nitrogen functional groups attached to an aromatic ring is 1. The smallest absolute Gasteiger partial charge is 0.186 e. The molecule has 0 bridgehead atoms. The van der Waals surface area contributed by atoms with Gasteiger partial charge < -0.3 is 5.73 Å². The Morgan fingerprint density at radius 3 is 2.84 bits per heavy atom. The van der Waals surface area contributed by atoms with Crippen molar-refractivity contribution in [3.05, 3.63) is 34.4 Å². The standard InChI is InChI=1S/C13H12BrN5/c14-8-3-1-2-4-9(8)19-13-10(12(15)16-17-13)11(18-19)7-5-6-7/h1-4,7H,5-6H2,(H3,15,16,17). The number of rotatable bonds is 2. The van der Waals surface area contributed by atoms with E-state index >= 15 is 0 Å². The van der Waals surface area contributed by atoms with Gasteiger partial charge in [0.05, 0.1) is 16.8 Å². The molecule has 5 nitrogen and oxygen atoms in total. The van der Waals surface area contributed by atoms with Gasteiger partial charge in [0, 0.05) is 10.4 Å². The molecule has 0 aliphatic heterocycles. The number of aromatic nitrogens is 4. The average molecular weight is 318 g/mol. The summed E-state index contributed by atoms with van der Waals surface area (Å²) in [4.78, 5) is 0. The zero-order chi connectivity index (χ0) is 13.0. The molecule has 3 N–H and O–H groups in total. The van der Waals surface area contributed by atoms with Crippen LogP contribution in [0.5, 0.6) is 0 Å². The Morgan fingerprint density at radius 1 is 1.32 bits per heavy atom. The number of H-pyrrole nitrogens is 1. The third-order valence-corrected chi connectivity index (χ3v) is 4.15. The fraction of sp³-hybridized carbons (Fsp3) is 0.231. The number of nitrogens with two attached hydrogens (primary N) is 1. The Kier molecular flexibility index (Phi) is 2.23. The quantitative estimate of drug-likeness (QED) is 0.763. The first-order chi connectivity index (χ1) is 9.25. The minimum atomic E-state index is 0.533. The average Bonchev–Trinajstić information content (AvgIpc) is 3.08. The summed E-state index contributed by atoms with van der Waals surface area (Å²) in [6.07, 6.45) is 2.37. The molecule has 1 aromatic carbocycles. The molecule has 96 valence electrons. The molecule has 0 unspecified atom stereocenters. The summed E-state index contributed by atoms with van der Waals surface area (Å²) in [5.41, 5.74) is 8.83. The van der Waals surface area contributed by atoms with Crippen LogP contribution >= 0.6 is 15.9 Å².